The fourth-order valence-corrected chi connectivity index (χ4v) is 2.14. The summed E-state index contributed by atoms with van der Waals surface area (Å²) in [6.07, 6.45) is 2.92. The van der Waals surface area contributed by atoms with Crippen LogP contribution in [-0.4, -0.2) is 22.8 Å². The lowest BCUT2D eigenvalue weighted by Gasteiger charge is -2.25. The first-order valence-electron chi connectivity index (χ1n) is 6.20. The molecule has 0 aliphatic rings. The smallest absolute Gasteiger partial charge is 0.259 e. The number of hydrogen-bond acceptors (Lipinski definition) is 2. The Morgan fingerprint density at radius 3 is 2.75 bits per heavy atom. The van der Waals surface area contributed by atoms with E-state index in [1.807, 2.05) is 25.1 Å². The van der Waals surface area contributed by atoms with Crippen molar-refractivity contribution in [1.29, 1.82) is 0 Å². The molecule has 104 valence electrons. The lowest BCUT2D eigenvalue weighted by atomic mass is 10.1. The van der Waals surface area contributed by atoms with E-state index in [1.165, 1.54) is 23.4 Å². The number of halogens is 1. The van der Waals surface area contributed by atoms with Gasteiger partial charge in [-0.1, -0.05) is 23.7 Å². The van der Waals surface area contributed by atoms with E-state index in [2.05, 4.69) is 4.98 Å². The van der Waals surface area contributed by atoms with Crippen molar-refractivity contribution in [2.24, 2.45) is 0 Å². The normalized spacial score (nSPS) is 11.9. The van der Waals surface area contributed by atoms with Gasteiger partial charge in [-0.3, -0.25) is 9.59 Å². The SMILES string of the molecule is CC(c1cccc(Cl)c1)N(C)C(=O)c1c[nH]ccc1=O. The molecule has 0 bridgehead atoms. The van der Waals surface area contributed by atoms with Gasteiger partial charge in [0.2, 0.25) is 0 Å². The van der Waals surface area contributed by atoms with E-state index in [1.54, 1.807) is 13.1 Å². The minimum Gasteiger partial charge on any atom is -0.367 e. The first-order chi connectivity index (χ1) is 9.50. The molecule has 0 aliphatic carbocycles. The molecule has 2 rings (SSSR count). The van der Waals surface area contributed by atoms with E-state index in [9.17, 15) is 9.59 Å². The Hall–Kier alpha value is -2.07. The molecule has 1 N–H and O–H groups in total. The van der Waals surface area contributed by atoms with Crippen LogP contribution in [-0.2, 0) is 0 Å². The fraction of sp³-hybridized carbons (Fsp3) is 0.200. The summed E-state index contributed by atoms with van der Waals surface area (Å²) in [5.41, 5.74) is 0.753. The van der Waals surface area contributed by atoms with Gasteiger partial charge in [0.05, 0.1) is 6.04 Å². The number of aromatic amines is 1. The molecule has 0 saturated heterocycles. The standard InChI is InChI=1S/C15H15ClN2O2/c1-10(11-4-3-5-12(16)8-11)18(2)15(20)13-9-17-7-6-14(13)19/h3-10H,1-2H3,(H,17,19). The largest absolute Gasteiger partial charge is 0.367 e. The Labute approximate surface area is 122 Å². The molecule has 1 amide bonds. The number of aromatic nitrogens is 1. The lowest BCUT2D eigenvalue weighted by Crippen LogP contribution is -2.33. The monoisotopic (exact) mass is 290 g/mol. The molecule has 5 heteroatoms. The molecule has 1 aromatic carbocycles. The topological polar surface area (TPSA) is 53.2 Å². The third-order valence-corrected chi connectivity index (χ3v) is 3.52. The Kier molecular flexibility index (Phi) is 4.25. The predicted octanol–water partition coefficient (Wildman–Crippen LogP) is 2.86. The van der Waals surface area contributed by atoms with Crippen LogP contribution in [0.2, 0.25) is 5.02 Å². The molecule has 0 spiro atoms. The van der Waals surface area contributed by atoms with Gasteiger partial charge < -0.3 is 9.88 Å². The van der Waals surface area contributed by atoms with Crippen LogP contribution in [0.5, 0.6) is 0 Å². The highest BCUT2D eigenvalue weighted by Gasteiger charge is 2.20. The van der Waals surface area contributed by atoms with Gasteiger partial charge in [0.1, 0.15) is 5.56 Å². The fourth-order valence-electron chi connectivity index (χ4n) is 1.94. The highest BCUT2D eigenvalue weighted by Crippen LogP contribution is 2.22. The zero-order valence-corrected chi connectivity index (χ0v) is 12.0. The van der Waals surface area contributed by atoms with E-state index in [4.69, 9.17) is 11.6 Å². The molecule has 1 atom stereocenters. The van der Waals surface area contributed by atoms with E-state index in [0.29, 0.717) is 5.02 Å². The third kappa shape index (κ3) is 2.91. The number of H-pyrrole nitrogens is 1. The van der Waals surface area contributed by atoms with Crippen LogP contribution in [0.15, 0.2) is 47.5 Å². The summed E-state index contributed by atoms with van der Waals surface area (Å²) in [4.78, 5) is 28.3. The molecule has 0 saturated carbocycles. The minimum absolute atomic E-state index is 0.129. The van der Waals surface area contributed by atoms with Crippen LogP contribution in [0.4, 0.5) is 0 Å². The molecule has 1 heterocycles. The van der Waals surface area contributed by atoms with Gasteiger partial charge >= 0.3 is 0 Å². The molecular weight excluding hydrogens is 276 g/mol. The number of nitrogens with one attached hydrogen (secondary N) is 1. The summed E-state index contributed by atoms with van der Waals surface area (Å²) in [6, 6.07) is 8.48. The average Bonchev–Trinajstić information content (AvgIpc) is 2.45. The maximum atomic E-state index is 12.3. The number of pyridine rings is 1. The first-order valence-corrected chi connectivity index (χ1v) is 6.58. The maximum Gasteiger partial charge on any atom is 0.259 e. The molecule has 4 nitrogen and oxygen atoms in total. The van der Waals surface area contributed by atoms with Crippen molar-refractivity contribution in [2.75, 3.05) is 7.05 Å². The van der Waals surface area contributed by atoms with E-state index in [0.717, 1.165) is 5.56 Å². The minimum atomic E-state index is -0.320. The second kappa shape index (κ2) is 5.92. The summed E-state index contributed by atoms with van der Waals surface area (Å²) in [5.74, 6) is -0.320. The Morgan fingerprint density at radius 1 is 1.35 bits per heavy atom. The number of hydrogen-bond donors (Lipinski definition) is 1. The van der Waals surface area contributed by atoms with Crippen molar-refractivity contribution in [2.45, 2.75) is 13.0 Å². The zero-order chi connectivity index (χ0) is 14.7. The van der Waals surface area contributed by atoms with E-state index in [-0.39, 0.29) is 22.9 Å². The van der Waals surface area contributed by atoms with Crippen molar-refractivity contribution in [3.05, 3.63) is 69.1 Å². The van der Waals surface area contributed by atoms with Crippen molar-refractivity contribution in [3.63, 3.8) is 0 Å². The van der Waals surface area contributed by atoms with Crippen LogP contribution in [0.1, 0.15) is 28.9 Å². The molecule has 1 aromatic heterocycles. The Balaban J connectivity index is 2.27. The average molecular weight is 291 g/mol. The summed E-state index contributed by atoms with van der Waals surface area (Å²) in [5, 5.41) is 0.618. The van der Waals surface area contributed by atoms with Gasteiger partial charge in [0.15, 0.2) is 5.43 Å². The summed E-state index contributed by atoms with van der Waals surface area (Å²) in [6.45, 7) is 1.89. The second-order valence-corrected chi connectivity index (χ2v) is 5.01. The van der Waals surface area contributed by atoms with Gasteiger partial charge in [-0.2, -0.15) is 0 Å². The Morgan fingerprint density at radius 2 is 2.10 bits per heavy atom. The van der Waals surface area contributed by atoms with Crippen LogP contribution >= 0.6 is 11.6 Å². The van der Waals surface area contributed by atoms with Crippen LogP contribution in [0.3, 0.4) is 0 Å². The Bertz CT molecular complexity index is 681. The van der Waals surface area contributed by atoms with Crippen LogP contribution < -0.4 is 5.43 Å². The highest BCUT2D eigenvalue weighted by atomic mass is 35.5. The summed E-state index contributed by atoms with van der Waals surface area (Å²) >= 11 is 5.96. The summed E-state index contributed by atoms with van der Waals surface area (Å²) < 4.78 is 0. The highest BCUT2D eigenvalue weighted by molar-refractivity contribution is 6.30. The van der Waals surface area contributed by atoms with E-state index >= 15 is 0 Å². The van der Waals surface area contributed by atoms with Crippen molar-refractivity contribution >= 4 is 17.5 Å². The number of rotatable bonds is 3. The quantitative estimate of drug-likeness (QED) is 0.945. The number of amides is 1. The van der Waals surface area contributed by atoms with Gasteiger partial charge in [-0.25, -0.2) is 0 Å². The lowest BCUT2D eigenvalue weighted by molar-refractivity contribution is 0.0741. The van der Waals surface area contributed by atoms with Crippen molar-refractivity contribution in [1.82, 2.24) is 9.88 Å². The number of nitrogens with zero attached hydrogens (tertiary/aromatic N) is 1. The number of carbonyl (C=O) groups is 1. The first kappa shape index (κ1) is 14.3. The van der Waals surface area contributed by atoms with Crippen molar-refractivity contribution in [3.8, 4) is 0 Å². The summed E-state index contributed by atoms with van der Waals surface area (Å²) in [7, 11) is 1.67. The van der Waals surface area contributed by atoms with Gasteiger partial charge in [0.25, 0.3) is 5.91 Å². The maximum absolute atomic E-state index is 12.3. The molecule has 0 radical (unpaired) electrons. The van der Waals surface area contributed by atoms with E-state index < -0.39 is 0 Å². The predicted molar refractivity (Wildman–Crippen MR) is 79.0 cm³/mol. The zero-order valence-electron chi connectivity index (χ0n) is 11.3. The molecule has 20 heavy (non-hydrogen) atoms. The molecule has 0 fully saturated rings. The van der Waals surface area contributed by atoms with Gasteiger partial charge in [0, 0.05) is 30.5 Å². The third-order valence-electron chi connectivity index (χ3n) is 3.29. The van der Waals surface area contributed by atoms with Crippen molar-refractivity contribution < 1.29 is 4.79 Å². The van der Waals surface area contributed by atoms with Crippen LogP contribution in [0.25, 0.3) is 0 Å². The molecule has 2 aromatic rings. The molecule has 0 aliphatic heterocycles. The molecular formula is C15H15ClN2O2. The van der Waals surface area contributed by atoms with Crippen LogP contribution in [0, 0.1) is 0 Å². The van der Waals surface area contributed by atoms with Gasteiger partial charge in [-0.15, -0.1) is 0 Å². The van der Waals surface area contributed by atoms with Gasteiger partial charge in [-0.05, 0) is 24.6 Å². The number of carbonyl (C=O) groups excluding carboxylic acids is 1. The molecule has 1 unspecified atom stereocenters. The second-order valence-electron chi connectivity index (χ2n) is 4.57. The number of benzene rings is 1.